The van der Waals surface area contributed by atoms with Gasteiger partial charge in [0.2, 0.25) is 0 Å². The van der Waals surface area contributed by atoms with E-state index in [-0.39, 0.29) is 0 Å². The number of nitrogens with zero attached hydrogens (tertiary/aromatic N) is 1. The van der Waals surface area contributed by atoms with Crippen molar-refractivity contribution in [2.75, 3.05) is 14.2 Å². The Morgan fingerprint density at radius 2 is 1.75 bits per heavy atom. The molecule has 0 heterocycles. The Morgan fingerprint density at radius 3 is 2.45 bits per heavy atom. The van der Waals surface area contributed by atoms with Gasteiger partial charge in [-0.15, -0.1) is 0 Å². The molecule has 0 spiro atoms. The van der Waals surface area contributed by atoms with Crippen LogP contribution in [0, 0.1) is 0 Å². The van der Waals surface area contributed by atoms with E-state index in [9.17, 15) is 0 Å². The molecule has 20 heavy (non-hydrogen) atoms. The van der Waals surface area contributed by atoms with Gasteiger partial charge in [0.15, 0.2) is 0 Å². The van der Waals surface area contributed by atoms with E-state index < -0.39 is 0 Å². The van der Waals surface area contributed by atoms with Gasteiger partial charge in [-0.05, 0) is 35.9 Å². The highest BCUT2D eigenvalue weighted by molar-refractivity contribution is 5.79. The molecule has 0 radical (unpaired) electrons. The number of hydrogen-bond acceptors (Lipinski definition) is 4. The monoisotopic (exact) mass is 270 g/mol. The number of para-hydroxylation sites is 1. The van der Waals surface area contributed by atoms with Gasteiger partial charge in [0, 0.05) is 5.56 Å². The maximum absolute atomic E-state index is 5.28. The largest absolute Gasteiger partial charge is 0.497 e. The van der Waals surface area contributed by atoms with Gasteiger partial charge < -0.3 is 14.9 Å². The lowest BCUT2D eigenvalue weighted by atomic mass is 10.2. The van der Waals surface area contributed by atoms with Crippen LogP contribution in [-0.2, 0) is 6.54 Å². The molecule has 2 aromatic carbocycles. The maximum Gasteiger partial charge on any atom is 0.123 e. The minimum atomic E-state index is 0.622. The lowest BCUT2D eigenvalue weighted by Crippen LogP contribution is -2.06. The quantitative estimate of drug-likeness (QED) is 0.648. The highest BCUT2D eigenvalue weighted by atomic mass is 16.5. The molecule has 0 amide bonds. The normalized spacial score (nSPS) is 10.5. The first kappa shape index (κ1) is 13.9. The summed E-state index contributed by atoms with van der Waals surface area (Å²) in [5, 5.41) is 4.20. The second-order valence-electron chi connectivity index (χ2n) is 4.18. The van der Waals surface area contributed by atoms with Gasteiger partial charge in [-0.3, -0.25) is 0 Å². The molecule has 104 valence electrons. The molecule has 0 saturated heterocycles. The minimum absolute atomic E-state index is 0.622. The predicted molar refractivity (Wildman–Crippen MR) is 80.4 cm³/mol. The van der Waals surface area contributed by atoms with Crippen molar-refractivity contribution in [3.63, 3.8) is 0 Å². The van der Waals surface area contributed by atoms with Gasteiger partial charge in [0.1, 0.15) is 11.5 Å². The van der Waals surface area contributed by atoms with E-state index >= 15 is 0 Å². The maximum atomic E-state index is 5.28. The molecule has 0 unspecified atom stereocenters. The van der Waals surface area contributed by atoms with E-state index in [2.05, 4.69) is 10.5 Å². The molecule has 0 fully saturated rings. The van der Waals surface area contributed by atoms with Crippen molar-refractivity contribution < 1.29 is 9.47 Å². The molecule has 0 aromatic heterocycles. The van der Waals surface area contributed by atoms with Crippen molar-refractivity contribution >= 4 is 6.21 Å². The molecule has 2 rings (SSSR count). The minimum Gasteiger partial charge on any atom is -0.497 e. The number of nitrogens with one attached hydrogen (secondary N) is 1. The van der Waals surface area contributed by atoms with E-state index in [0.717, 1.165) is 22.6 Å². The Labute approximate surface area is 119 Å². The third kappa shape index (κ3) is 3.75. The zero-order valence-electron chi connectivity index (χ0n) is 11.7. The number of methoxy groups -OCH3 is 2. The van der Waals surface area contributed by atoms with Crippen LogP contribution in [0.25, 0.3) is 0 Å². The topological polar surface area (TPSA) is 42.8 Å². The molecule has 0 aliphatic carbocycles. The van der Waals surface area contributed by atoms with Crippen LogP contribution < -0.4 is 14.9 Å². The van der Waals surface area contributed by atoms with Crippen LogP contribution in [0.5, 0.6) is 11.5 Å². The van der Waals surface area contributed by atoms with Crippen molar-refractivity contribution in [2.24, 2.45) is 5.10 Å². The van der Waals surface area contributed by atoms with E-state index in [0.29, 0.717) is 6.54 Å². The third-order valence-electron chi connectivity index (χ3n) is 2.88. The van der Waals surface area contributed by atoms with E-state index in [1.165, 1.54) is 0 Å². The molecule has 0 atom stereocenters. The van der Waals surface area contributed by atoms with Gasteiger partial charge in [-0.2, -0.15) is 5.10 Å². The first-order valence-corrected chi connectivity index (χ1v) is 6.35. The Balaban J connectivity index is 1.90. The van der Waals surface area contributed by atoms with Gasteiger partial charge in [0.05, 0.1) is 27.0 Å². The van der Waals surface area contributed by atoms with Gasteiger partial charge in [-0.25, -0.2) is 0 Å². The molecule has 0 bridgehead atoms. The fourth-order valence-electron chi connectivity index (χ4n) is 1.79. The molecular formula is C16H18N2O2. The Kier molecular flexibility index (Phi) is 5.00. The molecule has 0 saturated carbocycles. The smallest absolute Gasteiger partial charge is 0.123 e. The fraction of sp³-hybridized carbons (Fsp3) is 0.188. The summed E-state index contributed by atoms with van der Waals surface area (Å²) in [7, 11) is 3.32. The summed E-state index contributed by atoms with van der Waals surface area (Å²) in [5.41, 5.74) is 5.10. The van der Waals surface area contributed by atoms with Crippen LogP contribution in [0.15, 0.2) is 53.6 Å². The van der Waals surface area contributed by atoms with Crippen LogP contribution in [0.4, 0.5) is 0 Å². The average Bonchev–Trinajstić information content (AvgIpc) is 2.52. The fourth-order valence-corrected chi connectivity index (χ4v) is 1.79. The predicted octanol–water partition coefficient (Wildman–Crippen LogP) is 2.83. The molecular weight excluding hydrogens is 252 g/mol. The number of benzene rings is 2. The van der Waals surface area contributed by atoms with Crippen LogP contribution in [0.2, 0.25) is 0 Å². The summed E-state index contributed by atoms with van der Waals surface area (Å²) in [4.78, 5) is 0. The zero-order valence-corrected chi connectivity index (χ0v) is 11.7. The summed E-state index contributed by atoms with van der Waals surface area (Å²) in [6.07, 6.45) is 1.77. The Hall–Kier alpha value is -2.49. The first-order valence-electron chi connectivity index (χ1n) is 6.35. The average molecular weight is 270 g/mol. The van der Waals surface area contributed by atoms with Crippen LogP contribution in [0.1, 0.15) is 11.1 Å². The molecule has 2 aromatic rings. The van der Waals surface area contributed by atoms with E-state index in [4.69, 9.17) is 9.47 Å². The van der Waals surface area contributed by atoms with E-state index in [1.54, 1.807) is 20.4 Å². The summed E-state index contributed by atoms with van der Waals surface area (Å²) >= 11 is 0. The molecule has 1 N–H and O–H groups in total. The number of hydrazone groups is 1. The number of rotatable bonds is 6. The lowest BCUT2D eigenvalue weighted by Gasteiger charge is -2.07. The highest BCUT2D eigenvalue weighted by Gasteiger charge is 1.99. The van der Waals surface area contributed by atoms with Crippen LogP contribution in [-0.4, -0.2) is 20.4 Å². The second-order valence-corrected chi connectivity index (χ2v) is 4.18. The highest BCUT2D eigenvalue weighted by Crippen LogP contribution is 2.16. The zero-order chi connectivity index (χ0) is 14.2. The summed E-state index contributed by atoms with van der Waals surface area (Å²) in [5.74, 6) is 1.70. The van der Waals surface area contributed by atoms with Gasteiger partial charge in [-0.1, -0.05) is 18.2 Å². The summed E-state index contributed by atoms with van der Waals surface area (Å²) in [6.45, 7) is 0.622. The van der Waals surface area contributed by atoms with Crippen molar-refractivity contribution in [1.82, 2.24) is 5.43 Å². The Bertz CT molecular complexity index is 565. The van der Waals surface area contributed by atoms with Crippen molar-refractivity contribution in [1.29, 1.82) is 0 Å². The Morgan fingerprint density at radius 1 is 1.00 bits per heavy atom. The van der Waals surface area contributed by atoms with Gasteiger partial charge in [0.25, 0.3) is 0 Å². The SMILES string of the molecule is COc1ccc(/C=N/NCc2ccccc2OC)cc1. The molecule has 4 heteroatoms. The molecule has 4 nitrogen and oxygen atoms in total. The molecule has 0 aliphatic rings. The van der Waals surface area contributed by atoms with Crippen LogP contribution >= 0.6 is 0 Å². The van der Waals surface area contributed by atoms with Crippen molar-refractivity contribution in [3.05, 3.63) is 59.7 Å². The standard InChI is InChI=1S/C16H18N2O2/c1-19-15-9-7-13(8-10-15)11-17-18-12-14-5-3-4-6-16(14)20-2/h3-11,18H,12H2,1-2H3/b17-11+. The summed E-state index contributed by atoms with van der Waals surface area (Å²) in [6, 6.07) is 15.6. The van der Waals surface area contributed by atoms with E-state index in [1.807, 2.05) is 48.5 Å². The third-order valence-corrected chi connectivity index (χ3v) is 2.88. The number of ether oxygens (including phenoxy) is 2. The summed E-state index contributed by atoms with van der Waals surface area (Å²) < 4.78 is 10.4. The van der Waals surface area contributed by atoms with Crippen LogP contribution in [0.3, 0.4) is 0 Å². The van der Waals surface area contributed by atoms with Crippen molar-refractivity contribution in [3.8, 4) is 11.5 Å². The van der Waals surface area contributed by atoms with Gasteiger partial charge >= 0.3 is 0 Å². The first-order chi connectivity index (χ1) is 9.83. The number of hydrogen-bond donors (Lipinski definition) is 1. The second kappa shape index (κ2) is 7.19. The van der Waals surface area contributed by atoms with Crippen molar-refractivity contribution in [2.45, 2.75) is 6.54 Å². The lowest BCUT2D eigenvalue weighted by molar-refractivity contribution is 0.408. The molecule has 0 aliphatic heterocycles.